The normalized spacial score (nSPS) is 23.5. The Labute approximate surface area is 105 Å². The molecule has 1 heterocycles. The van der Waals surface area contributed by atoms with Gasteiger partial charge in [-0.25, -0.2) is 0 Å². The second-order valence-electron chi connectivity index (χ2n) is 5.35. The molecule has 0 saturated carbocycles. The molecule has 2 unspecified atom stereocenters. The topological polar surface area (TPSA) is 29.3 Å². The summed E-state index contributed by atoms with van der Waals surface area (Å²) in [5.41, 5.74) is 7.31. The summed E-state index contributed by atoms with van der Waals surface area (Å²) in [7, 11) is 0. The van der Waals surface area contributed by atoms with Gasteiger partial charge in [-0.3, -0.25) is 0 Å². The molecule has 0 aromatic heterocycles. The summed E-state index contributed by atoms with van der Waals surface area (Å²) in [5, 5.41) is 0. The molecular formula is C15H24N2. The van der Waals surface area contributed by atoms with E-state index in [9.17, 15) is 0 Å². The molecule has 2 heteroatoms. The molecular weight excluding hydrogens is 208 g/mol. The van der Waals surface area contributed by atoms with Gasteiger partial charge in [-0.1, -0.05) is 37.3 Å². The maximum absolute atomic E-state index is 5.93. The molecule has 17 heavy (non-hydrogen) atoms. The summed E-state index contributed by atoms with van der Waals surface area (Å²) >= 11 is 0. The van der Waals surface area contributed by atoms with Crippen molar-refractivity contribution in [2.24, 2.45) is 11.7 Å². The van der Waals surface area contributed by atoms with Crippen molar-refractivity contribution in [3.8, 4) is 0 Å². The fourth-order valence-corrected chi connectivity index (χ4v) is 2.81. The number of hydrogen-bond donors (Lipinski definition) is 1. The van der Waals surface area contributed by atoms with Gasteiger partial charge in [0.1, 0.15) is 0 Å². The first-order valence-electron chi connectivity index (χ1n) is 6.77. The Morgan fingerprint density at radius 3 is 2.76 bits per heavy atom. The minimum atomic E-state index is 0.487. The predicted octanol–water partition coefficient (Wildman–Crippen LogP) is 2.46. The monoisotopic (exact) mass is 232 g/mol. The first-order chi connectivity index (χ1) is 8.29. The number of nitrogens with zero attached hydrogens (tertiary/aromatic N) is 1. The smallest absolute Gasteiger partial charge is 0.00888 e. The van der Waals surface area contributed by atoms with Crippen LogP contribution in [0.2, 0.25) is 0 Å². The fourth-order valence-electron chi connectivity index (χ4n) is 2.81. The lowest BCUT2D eigenvalue weighted by molar-refractivity contribution is 0.175. The van der Waals surface area contributed by atoms with Gasteiger partial charge in [0.05, 0.1) is 0 Å². The van der Waals surface area contributed by atoms with Crippen molar-refractivity contribution >= 4 is 0 Å². The van der Waals surface area contributed by atoms with E-state index in [0.29, 0.717) is 5.92 Å². The van der Waals surface area contributed by atoms with Gasteiger partial charge < -0.3 is 10.6 Å². The second kappa shape index (κ2) is 6.18. The van der Waals surface area contributed by atoms with Crippen molar-refractivity contribution in [3.63, 3.8) is 0 Å². The molecule has 2 N–H and O–H groups in total. The van der Waals surface area contributed by atoms with E-state index in [-0.39, 0.29) is 0 Å². The quantitative estimate of drug-likeness (QED) is 0.864. The summed E-state index contributed by atoms with van der Waals surface area (Å²) in [5.74, 6) is 1.33. The van der Waals surface area contributed by atoms with Crippen LogP contribution < -0.4 is 5.73 Å². The van der Waals surface area contributed by atoms with E-state index in [4.69, 9.17) is 5.73 Å². The number of likely N-dealkylation sites (tertiary alicyclic amines) is 1. The van der Waals surface area contributed by atoms with Gasteiger partial charge in [0.2, 0.25) is 0 Å². The Morgan fingerprint density at radius 1 is 1.35 bits per heavy atom. The molecule has 0 aliphatic carbocycles. The van der Waals surface area contributed by atoms with Crippen LogP contribution in [-0.4, -0.2) is 31.1 Å². The van der Waals surface area contributed by atoms with Gasteiger partial charge in [0, 0.05) is 25.6 Å². The molecule has 2 rings (SSSR count). The average Bonchev–Trinajstić information content (AvgIpc) is 2.37. The van der Waals surface area contributed by atoms with Crippen molar-refractivity contribution in [2.75, 3.05) is 26.2 Å². The van der Waals surface area contributed by atoms with Gasteiger partial charge >= 0.3 is 0 Å². The Hall–Kier alpha value is -0.860. The molecule has 0 spiro atoms. The standard InChI is InChI=1S/C15H24N2/c1-13-6-5-9-17(11-13)12-15(10-16)14-7-3-2-4-8-14/h2-4,7-8,13,15H,5-6,9-12,16H2,1H3. The van der Waals surface area contributed by atoms with Crippen molar-refractivity contribution < 1.29 is 0 Å². The Balaban J connectivity index is 1.95. The van der Waals surface area contributed by atoms with Crippen LogP contribution in [0.5, 0.6) is 0 Å². The van der Waals surface area contributed by atoms with E-state index in [1.165, 1.54) is 31.5 Å². The zero-order valence-corrected chi connectivity index (χ0v) is 10.8. The number of benzene rings is 1. The first-order valence-corrected chi connectivity index (χ1v) is 6.77. The lowest BCUT2D eigenvalue weighted by Crippen LogP contribution is -2.38. The van der Waals surface area contributed by atoms with E-state index < -0.39 is 0 Å². The maximum Gasteiger partial charge on any atom is 0.00888 e. The molecule has 1 saturated heterocycles. The molecule has 2 atom stereocenters. The summed E-state index contributed by atoms with van der Waals surface area (Å²) in [6.07, 6.45) is 2.72. The number of nitrogens with two attached hydrogens (primary N) is 1. The molecule has 2 nitrogen and oxygen atoms in total. The summed E-state index contributed by atoms with van der Waals surface area (Å²) in [6, 6.07) is 10.7. The van der Waals surface area contributed by atoms with E-state index >= 15 is 0 Å². The number of hydrogen-bond acceptors (Lipinski definition) is 2. The van der Waals surface area contributed by atoms with Gasteiger partial charge in [0.25, 0.3) is 0 Å². The molecule has 1 fully saturated rings. The summed E-state index contributed by atoms with van der Waals surface area (Å²) in [4.78, 5) is 2.58. The molecule has 0 radical (unpaired) electrons. The highest BCUT2D eigenvalue weighted by Crippen LogP contribution is 2.20. The van der Waals surface area contributed by atoms with Crippen LogP contribution in [0.4, 0.5) is 0 Å². The number of piperidine rings is 1. The van der Waals surface area contributed by atoms with Crippen LogP contribution in [0, 0.1) is 5.92 Å². The fraction of sp³-hybridized carbons (Fsp3) is 0.600. The Bertz CT molecular complexity index is 323. The molecule has 1 aromatic carbocycles. The van der Waals surface area contributed by atoms with Gasteiger partial charge in [-0.15, -0.1) is 0 Å². The first kappa shape index (κ1) is 12.6. The molecule has 0 amide bonds. The van der Waals surface area contributed by atoms with E-state index in [2.05, 4.69) is 42.2 Å². The molecule has 94 valence electrons. The highest BCUT2D eigenvalue weighted by atomic mass is 15.1. The van der Waals surface area contributed by atoms with Crippen molar-refractivity contribution in [2.45, 2.75) is 25.7 Å². The zero-order chi connectivity index (χ0) is 12.1. The average molecular weight is 232 g/mol. The van der Waals surface area contributed by atoms with Crippen LogP contribution in [0.1, 0.15) is 31.2 Å². The largest absolute Gasteiger partial charge is 0.330 e. The van der Waals surface area contributed by atoms with E-state index in [1.807, 2.05) is 0 Å². The third kappa shape index (κ3) is 3.55. The van der Waals surface area contributed by atoms with Crippen LogP contribution in [0.15, 0.2) is 30.3 Å². The van der Waals surface area contributed by atoms with E-state index in [0.717, 1.165) is 19.0 Å². The van der Waals surface area contributed by atoms with E-state index in [1.54, 1.807) is 0 Å². The molecule has 1 aliphatic rings. The molecule has 1 aromatic rings. The van der Waals surface area contributed by atoms with Crippen LogP contribution >= 0.6 is 0 Å². The van der Waals surface area contributed by atoms with Gasteiger partial charge in [-0.2, -0.15) is 0 Å². The summed E-state index contributed by atoms with van der Waals surface area (Å²) < 4.78 is 0. The Kier molecular flexibility index (Phi) is 4.57. The van der Waals surface area contributed by atoms with Crippen LogP contribution in [0.3, 0.4) is 0 Å². The molecule has 0 bridgehead atoms. The predicted molar refractivity (Wildman–Crippen MR) is 73.1 cm³/mol. The third-order valence-electron chi connectivity index (χ3n) is 3.78. The molecule has 1 aliphatic heterocycles. The minimum absolute atomic E-state index is 0.487. The second-order valence-corrected chi connectivity index (χ2v) is 5.35. The lowest BCUT2D eigenvalue weighted by Gasteiger charge is -2.33. The maximum atomic E-state index is 5.93. The van der Waals surface area contributed by atoms with Crippen molar-refractivity contribution in [1.29, 1.82) is 0 Å². The van der Waals surface area contributed by atoms with Crippen LogP contribution in [-0.2, 0) is 0 Å². The Morgan fingerprint density at radius 2 is 2.12 bits per heavy atom. The SMILES string of the molecule is CC1CCCN(CC(CN)c2ccccc2)C1. The van der Waals surface area contributed by atoms with Gasteiger partial charge in [-0.05, 0) is 30.9 Å². The summed E-state index contributed by atoms with van der Waals surface area (Å²) in [6.45, 7) is 6.70. The third-order valence-corrected chi connectivity index (χ3v) is 3.78. The zero-order valence-electron chi connectivity index (χ0n) is 10.8. The number of rotatable bonds is 4. The minimum Gasteiger partial charge on any atom is -0.330 e. The van der Waals surface area contributed by atoms with Crippen molar-refractivity contribution in [3.05, 3.63) is 35.9 Å². The van der Waals surface area contributed by atoms with Crippen molar-refractivity contribution in [1.82, 2.24) is 4.90 Å². The lowest BCUT2D eigenvalue weighted by atomic mass is 9.95. The van der Waals surface area contributed by atoms with Crippen LogP contribution in [0.25, 0.3) is 0 Å². The van der Waals surface area contributed by atoms with Gasteiger partial charge in [0.15, 0.2) is 0 Å². The highest BCUT2D eigenvalue weighted by Gasteiger charge is 2.19. The highest BCUT2D eigenvalue weighted by molar-refractivity contribution is 5.20.